The van der Waals surface area contributed by atoms with Crippen molar-refractivity contribution in [3.8, 4) is 0 Å². The first-order chi connectivity index (χ1) is 13.2. The molecular formula is C24H21N3. The van der Waals surface area contributed by atoms with E-state index in [0.29, 0.717) is 0 Å². The Balaban J connectivity index is 1.63. The minimum atomic E-state index is 0.823. The van der Waals surface area contributed by atoms with Crippen LogP contribution in [0.25, 0.3) is 10.8 Å². The molecular weight excluding hydrogens is 330 g/mol. The molecule has 0 atom stereocenters. The standard InChI is InChI=1S/C24H21N3/c1-17-10-13-20(14-11-17)26-27-21-15-12-18(2)24(16-21)25-23-9-5-7-19-6-3-4-8-22(19)23/h3-16,25H,1-2H3. The molecule has 132 valence electrons. The van der Waals surface area contributed by atoms with Gasteiger partial charge in [-0.15, -0.1) is 0 Å². The van der Waals surface area contributed by atoms with Crippen LogP contribution in [0.4, 0.5) is 22.7 Å². The monoisotopic (exact) mass is 351 g/mol. The Morgan fingerprint density at radius 3 is 2.19 bits per heavy atom. The summed E-state index contributed by atoms with van der Waals surface area (Å²) < 4.78 is 0. The fourth-order valence-electron chi connectivity index (χ4n) is 3.01. The van der Waals surface area contributed by atoms with Crippen LogP contribution in [0, 0.1) is 13.8 Å². The van der Waals surface area contributed by atoms with E-state index >= 15 is 0 Å². The second kappa shape index (κ2) is 7.42. The van der Waals surface area contributed by atoms with Crippen LogP contribution in [-0.4, -0.2) is 0 Å². The SMILES string of the molecule is Cc1ccc(N=Nc2ccc(C)c(Nc3cccc4ccccc34)c2)cc1. The Hall–Kier alpha value is -3.46. The van der Waals surface area contributed by atoms with E-state index in [1.165, 1.54) is 16.3 Å². The lowest BCUT2D eigenvalue weighted by molar-refractivity contribution is 1.22. The lowest BCUT2D eigenvalue weighted by atomic mass is 10.1. The number of nitrogens with one attached hydrogen (secondary N) is 1. The fourth-order valence-corrected chi connectivity index (χ4v) is 3.01. The number of benzene rings is 4. The van der Waals surface area contributed by atoms with Gasteiger partial charge in [-0.25, -0.2) is 0 Å². The van der Waals surface area contributed by atoms with Gasteiger partial charge in [-0.3, -0.25) is 0 Å². The summed E-state index contributed by atoms with van der Waals surface area (Å²) in [4.78, 5) is 0. The predicted molar refractivity (Wildman–Crippen MR) is 114 cm³/mol. The van der Waals surface area contributed by atoms with Crippen molar-refractivity contribution in [3.05, 3.63) is 96.1 Å². The van der Waals surface area contributed by atoms with Crippen LogP contribution in [0.3, 0.4) is 0 Å². The van der Waals surface area contributed by atoms with E-state index in [-0.39, 0.29) is 0 Å². The summed E-state index contributed by atoms with van der Waals surface area (Å²) >= 11 is 0. The van der Waals surface area contributed by atoms with Crippen molar-refractivity contribution in [1.29, 1.82) is 0 Å². The maximum Gasteiger partial charge on any atom is 0.0877 e. The Morgan fingerprint density at radius 1 is 0.630 bits per heavy atom. The molecule has 3 heteroatoms. The molecule has 4 aromatic carbocycles. The van der Waals surface area contributed by atoms with E-state index in [1.54, 1.807) is 0 Å². The molecule has 0 radical (unpaired) electrons. The highest BCUT2D eigenvalue weighted by Crippen LogP contribution is 2.30. The first kappa shape index (κ1) is 17.0. The number of rotatable bonds is 4. The lowest BCUT2D eigenvalue weighted by Crippen LogP contribution is -1.93. The van der Waals surface area contributed by atoms with E-state index in [4.69, 9.17) is 0 Å². The van der Waals surface area contributed by atoms with E-state index in [2.05, 4.69) is 77.9 Å². The molecule has 1 N–H and O–H groups in total. The molecule has 0 amide bonds. The molecule has 0 heterocycles. The van der Waals surface area contributed by atoms with E-state index in [9.17, 15) is 0 Å². The number of aryl methyl sites for hydroxylation is 2. The van der Waals surface area contributed by atoms with E-state index < -0.39 is 0 Å². The van der Waals surface area contributed by atoms with Crippen LogP contribution < -0.4 is 5.32 Å². The van der Waals surface area contributed by atoms with Crippen LogP contribution >= 0.6 is 0 Å². The molecule has 0 aliphatic heterocycles. The van der Waals surface area contributed by atoms with Crippen LogP contribution in [0.5, 0.6) is 0 Å². The smallest absolute Gasteiger partial charge is 0.0877 e. The van der Waals surface area contributed by atoms with Crippen molar-refractivity contribution in [2.75, 3.05) is 5.32 Å². The van der Waals surface area contributed by atoms with Crippen molar-refractivity contribution in [1.82, 2.24) is 0 Å². The maximum absolute atomic E-state index is 4.40. The predicted octanol–water partition coefficient (Wildman–Crippen LogP) is 7.62. The van der Waals surface area contributed by atoms with Crippen LogP contribution in [0.2, 0.25) is 0 Å². The van der Waals surface area contributed by atoms with Gasteiger partial charge in [0.05, 0.1) is 11.4 Å². The molecule has 4 aromatic rings. The average Bonchev–Trinajstić information content (AvgIpc) is 2.70. The Labute approximate surface area is 159 Å². The Kier molecular flexibility index (Phi) is 4.67. The molecule has 0 aliphatic carbocycles. The highest BCUT2D eigenvalue weighted by Gasteiger charge is 2.04. The first-order valence-electron chi connectivity index (χ1n) is 9.03. The van der Waals surface area contributed by atoms with Gasteiger partial charge < -0.3 is 5.32 Å². The number of fused-ring (bicyclic) bond motifs is 1. The zero-order valence-corrected chi connectivity index (χ0v) is 15.5. The van der Waals surface area contributed by atoms with Gasteiger partial charge in [0.25, 0.3) is 0 Å². The Bertz CT molecular complexity index is 1110. The molecule has 27 heavy (non-hydrogen) atoms. The second-order valence-corrected chi connectivity index (χ2v) is 6.69. The topological polar surface area (TPSA) is 36.8 Å². The van der Waals surface area contributed by atoms with Crippen LogP contribution in [0.15, 0.2) is 95.2 Å². The van der Waals surface area contributed by atoms with Gasteiger partial charge in [0.1, 0.15) is 0 Å². The van der Waals surface area contributed by atoms with Gasteiger partial charge >= 0.3 is 0 Å². The third-order valence-corrected chi connectivity index (χ3v) is 4.60. The van der Waals surface area contributed by atoms with E-state index in [1.807, 2.05) is 36.4 Å². The summed E-state index contributed by atoms with van der Waals surface area (Å²) in [6, 6.07) is 28.8. The number of azo groups is 1. The third-order valence-electron chi connectivity index (χ3n) is 4.60. The minimum absolute atomic E-state index is 0.823. The number of nitrogens with zero attached hydrogens (tertiary/aromatic N) is 2. The number of anilines is 2. The van der Waals surface area contributed by atoms with Crippen molar-refractivity contribution >= 4 is 33.5 Å². The normalized spacial score (nSPS) is 11.2. The van der Waals surface area contributed by atoms with Gasteiger partial charge in [-0.1, -0.05) is 60.2 Å². The van der Waals surface area contributed by atoms with Gasteiger partial charge in [-0.05, 0) is 55.1 Å². The summed E-state index contributed by atoms with van der Waals surface area (Å²) in [5.74, 6) is 0. The number of hydrogen-bond donors (Lipinski definition) is 1. The molecule has 0 saturated heterocycles. The first-order valence-corrected chi connectivity index (χ1v) is 9.03. The molecule has 4 rings (SSSR count). The molecule has 0 fully saturated rings. The zero-order valence-electron chi connectivity index (χ0n) is 15.5. The van der Waals surface area contributed by atoms with Gasteiger partial charge in [0.15, 0.2) is 0 Å². The molecule has 0 saturated carbocycles. The molecule has 0 aliphatic rings. The summed E-state index contributed by atoms with van der Waals surface area (Å²) in [5, 5.41) is 14.7. The molecule has 3 nitrogen and oxygen atoms in total. The van der Waals surface area contributed by atoms with Crippen molar-refractivity contribution in [2.45, 2.75) is 13.8 Å². The summed E-state index contributed by atoms with van der Waals surface area (Å²) in [7, 11) is 0. The van der Waals surface area contributed by atoms with Crippen molar-refractivity contribution < 1.29 is 0 Å². The summed E-state index contributed by atoms with van der Waals surface area (Å²) in [6.07, 6.45) is 0. The highest BCUT2D eigenvalue weighted by atomic mass is 15.1. The van der Waals surface area contributed by atoms with Crippen LogP contribution in [-0.2, 0) is 0 Å². The summed E-state index contributed by atoms with van der Waals surface area (Å²) in [5.41, 5.74) is 6.17. The molecule has 0 spiro atoms. The van der Waals surface area contributed by atoms with Gasteiger partial charge in [0.2, 0.25) is 0 Å². The summed E-state index contributed by atoms with van der Waals surface area (Å²) in [6.45, 7) is 4.15. The van der Waals surface area contributed by atoms with Crippen LogP contribution in [0.1, 0.15) is 11.1 Å². The average molecular weight is 351 g/mol. The van der Waals surface area contributed by atoms with Crippen molar-refractivity contribution in [2.24, 2.45) is 10.2 Å². The quantitative estimate of drug-likeness (QED) is 0.377. The van der Waals surface area contributed by atoms with Crippen molar-refractivity contribution in [3.63, 3.8) is 0 Å². The fraction of sp³-hybridized carbons (Fsp3) is 0.0833. The van der Waals surface area contributed by atoms with E-state index in [0.717, 1.165) is 28.3 Å². The number of hydrogen-bond acceptors (Lipinski definition) is 3. The minimum Gasteiger partial charge on any atom is -0.355 e. The molecule has 0 bridgehead atoms. The lowest BCUT2D eigenvalue weighted by Gasteiger charge is -2.12. The largest absolute Gasteiger partial charge is 0.355 e. The maximum atomic E-state index is 4.40. The second-order valence-electron chi connectivity index (χ2n) is 6.69. The Morgan fingerprint density at radius 2 is 1.33 bits per heavy atom. The zero-order chi connectivity index (χ0) is 18.6. The highest BCUT2D eigenvalue weighted by molar-refractivity contribution is 5.95. The third kappa shape index (κ3) is 3.87. The molecule has 0 unspecified atom stereocenters. The van der Waals surface area contributed by atoms with Gasteiger partial charge in [0, 0.05) is 16.8 Å². The molecule has 0 aromatic heterocycles. The van der Waals surface area contributed by atoms with Gasteiger partial charge in [-0.2, -0.15) is 10.2 Å².